The summed E-state index contributed by atoms with van der Waals surface area (Å²) in [5.41, 5.74) is 1.60. The summed E-state index contributed by atoms with van der Waals surface area (Å²) >= 11 is 0. The number of methoxy groups -OCH3 is 1. The minimum Gasteiger partial charge on any atom is -0.455 e. The molecule has 3 aromatic rings. The molecule has 2 N–H and O–H groups in total. The summed E-state index contributed by atoms with van der Waals surface area (Å²) in [5, 5.41) is 14.0. The maximum Gasteiger partial charge on any atom is 0.313 e. The molecule has 0 radical (unpaired) electrons. The molecule has 0 unspecified atom stereocenters. The number of cyclic esters (lactones) is 1. The van der Waals surface area contributed by atoms with Crippen molar-refractivity contribution in [2.24, 2.45) is 11.8 Å². The van der Waals surface area contributed by atoms with Crippen LogP contribution in [0.4, 0.5) is 11.4 Å². The molecule has 2 fully saturated rings. The first kappa shape index (κ1) is 39.9. The van der Waals surface area contributed by atoms with Gasteiger partial charge in [0.25, 0.3) is 5.91 Å². The first-order valence-electron chi connectivity index (χ1n) is 19.9. The molecule has 4 aliphatic heterocycles. The van der Waals surface area contributed by atoms with Gasteiger partial charge in [-0.2, -0.15) is 0 Å². The molecule has 4 heterocycles. The number of hydrogen-bond acceptors (Lipinski definition) is 9. The van der Waals surface area contributed by atoms with E-state index in [9.17, 15) is 14.7 Å². The number of likely N-dealkylation sites (tertiary alicyclic amines) is 1. The van der Waals surface area contributed by atoms with Gasteiger partial charge in [-0.15, -0.1) is 0 Å². The number of esters is 1. The van der Waals surface area contributed by atoms with E-state index >= 15 is 9.59 Å². The van der Waals surface area contributed by atoms with E-state index in [-0.39, 0.29) is 31.9 Å². The predicted octanol–water partition coefficient (Wildman–Crippen LogP) is 4.39. The molecule has 5 bridgehead atoms. The van der Waals surface area contributed by atoms with Crippen molar-refractivity contribution in [1.82, 2.24) is 10.2 Å². The third-order valence-corrected chi connectivity index (χ3v) is 11.7. The molecule has 12 nitrogen and oxygen atoms in total. The summed E-state index contributed by atoms with van der Waals surface area (Å²) in [6, 6.07) is 23.5. The molecule has 3 amide bonds. The van der Waals surface area contributed by atoms with Gasteiger partial charge in [0.05, 0.1) is 37.3 Å². The van der Waals surface area contributed by atoms with Crippen LogP contribution in [0.3, 0.4) is 0 Å². The second kappa shape index (κ2) is 17.5. The van der Waals surface area contributed by atoms with Gasteiger partial charge in [0.1, 0.15) is 23.7 Å². The van der Waals surface area contributed by atoms with Crippen LogP contribution in [0.1, 0.15) is 43.9 Å². The molecular weight excluding hydrogens is 725 g/mol. The molecule has 7 rings (SSSR count). The highest BCUT2D eigenvalue weighted by Crippen LogP contribution is 2.56. The molecule has 300 valence electrons. The van der Waals surface area contributed by atoms with Crippen LogP contribution < -0.4 is 15.1 Å². The molecule has 3 aromatic carbocycles. The average molecular weight is 777 g/mol. The lowest BCUT2D eigenvalue weighted by Gasteiger charge is -2.39. The zero-order valence-corrected chi connectivity index (χ0v) is 32.7. The lowest BCUT2D eigenvalue weighted by Crippen LogP contribution is -2.59. The maximum atomic E-state index is 15.5. The quantitative estimate of drug-likeness (QED) is 0.215. The Morgan fingerprint density at radius 2 is 1.63 bits per heavy atom. The number of carbonyl (C=O) groups excluding carboxylic acids is 4. The van der Waals surface area contributed by atoms with Crippen LogP contribution in [0.25, 0.3) is 0 Å². The first-order chi connectivity index (χ1) is 27.7. The zero-order chi connectivity index (χ0) is 40.1. The molecule has 12 heteroatoms. The number of nitrogens with zero attached hydrogens (tertiary/aromatic N) is 3. The molecular formula is C45H52N4O8. The van der Waals surface area contributed by atoms with Crippen molar-refractivity contribution in [2.45, 2.75) is 69.0 Å². The lowest BCUT2D eigenvalue weighted by molar-refractivity contribution is -0.162. The van der Waals surface area contributed by atoms with Crippen LogP contribution in [0.5, 0.6) is 0 Å². The van der Waals surface area contributed by atoms with Crippen molar-refractivity contribution in [3.8, 4) is 0 Å². The fourth-order valence-corrected chi connectivity index (χ4v) is 8.99. The van der Waals surface area contributed by atoms with Crippen molar-refractivity contribution in [3.63, 3.8) is 0 Å². The Kier molecular flexibility index (Phi) is 12.2. The molecule has 0 aliphatic carbocycles. The van der Waals surface area contributed by atoms with Gasteiger partial charge in [0, 0.05) is 44.5 Å². The van der Waals surface area contributed by atoms with E-state index < -0.39 is 72.2 Å². The second-order valence-corrected chi connectivity index (χ2v) is 15.0. The fourth-order valence-electron chi connectivity index (χ4n) is 8.99. The SMILES string of the molecule is CCN(CC)c1ccc(N2C/C=C\CCC(=O)N[C@H](COC)[C@@H](c3ccccc3)OC(=O)[C@@H]3[C@@H]4C=C[C@]5(O4)[C@H](C2=O)N([C@@H](CO)Cc2ccccc2)C(=O)[C@@H]35)cc1. The minimum absolute atomic E-state index is 0.0508. The number of aliphatic hydroxyl groups excluding tert-OH is 1. The summed E-state index contributed by atoms with van der Waals surface area (Å²) in [5.74, 6) is -4.07. The van der Waals surface area contributed by atoms with Crippen molar-refractivity contribution >= 4 is 35.1 Å². The number of nitrogens with one attached hydrogen (secondary N) is 1. The van der Waals surface area contributed by atoms with Crippen LogP contribution in [0, 0.1) is 11.8 Å². The second-order valence-electron chi connectivity index (χ2n) is 15.0. The number of ether oxygens (including phenoxy) is 3. The molecule has 8 atom stereocenters. The highest BCUT2D eigenvalue weighted by Gasteiger charge is 2.74. The van der Waals surface area contributed by atoms with Gasteiger partial charge in [0.2, 0.25) is 11.8 Å². The smallest absolute Gasteiger partial charge is 0.313 e. The van der Waals surface area contributed by atoms with Gasteiger partial charge in [-0.05, 0) is 62.1 Å². The molecule has 1 spiro atoms. The number of rotatable bonds is 11. The van der Waals surface area contributed by atoms with Gasteiger partial charge in [0.15, 0.2) is 0 Å². The van der Waals surface area contributed by atoms with Crippen molar-refractivity contribution in [3.05, 3.63) is 120 Å². The summed E-state index contributed by atoms with van der Waals surface area (Å²) < 4.78 is 18.6. The van der Waals surface area contributed by atoms with E-state index in [0.717, 1.165) is 24.3 Å². The largest absolute Gasteiger partial charge is 0.455 e. The Morgan fingerprint density at radius 1 is 0.930 bits per heavy atom. The number of carbonyl (C=O) groups is 4. The third-order valence-electron chi connectivity index (χ3n) is 11.7. The van der Waals surface area contributed by atoms with E-state index in [0.29, 0.717) is 17.7 Å². The number of allylic oxidation sites excluding steroid dienone is 1. The lowest BCUT2D eigenvalue weighted by atomic mass is 9.74. The van der Waals surface area contributed by atoms with E-state index in [1.165, 1.54) is 12.0 Å². The average Bonchev–Trinajstić information content (AvgIpc) is 3.88. The van der Waals surface area contributed by atoms with E-state index in [1.807, 2.05) is 97.1 Å². The molecule has 0 saturated carbocycles. The Bertz CT molecular complexity index is 1950. The highest BCUT2D eigenvalue weighted by molar-refractivity contribution is 6.05. The number of fused-ring (bicyclic) bond motifs is 2. The molecule has 2 saturated heterocycles. The van der Waals surface area contributed by atoms with E-state index in [2.05, 4.69) is 24.1 Å². The van der Waals surface area contributed by atoms with Crippen LogP contribution in [0.15, 0.2) is 109 Å². The zero-order valence-electron chi connectivity index (χ0n) is 32.7. The van der Waals surface area contributed by atoms with Gasteiger partial charge < -0.3 is 39.3 Å². The van der Waals surface area contributed by atoms with Crippen molar-refractivity contribution < 1.29 is 38.5 Å². The topological polar surface area (TPSA) is 138 Å². The van der Waals surface area contributed by atoms with Crippen molar-refractivity contribution in [1.29, 1.82) is 0 Å². The van der Waals surface area contributed by atoms with Crippen LogP contribution >= 0.6 is 0 Å². The van der Waals surface area contributed by atoms with Crippen LogP contribution in [0.2, 0.25) is 0 Å². The van der Waals surface area contributed by atoms with Gasteiger partial charge in [-0.25, -0.2) is 0 Å². The summed E-state index contributed by atoms with van der Waals surface area (Å²) in [4.78, 5) is 63.9. The number of hydrogen-bond donors (Lipinski definition) is 2. The monoisotopic (exact) mass is 776 g/mol. The maximum absolute atomic E-state index is 15.5. The minimum atomic E-state index is -1.52. The van der Waals surface area contributed by atoms with Gasteiger partial charge >= 0.3 is 5.97 Å². The molecule has 4 aliphatic rings. The van der Waals surface area contributed by atoms with Crippen LogP contribution in [-0.4, -0.2) is 103 Å². The Balaban J connectivity index is 1.35. The first-order valence-corrected chi connectivity index (χ1v) is 19.9. The molecule has 0 aromatic heterocycles. The fraction of sp³-hybridized carbons (Fsp3) is 0.422. The van der Waals surface area contributed by atoms with E-state index in [4.69, 9.17) is 14.2 Å². The van der Waals surface area contributed by atoms with Gasteiger partial charge in [-0.3, -0.25) is 19.2 Å². The Hall–Kier alpha value is -5.30. The third kappa shape index (κ3) is 7.73. The Labute approximate surface area is 334 Å². The summed E-state index contributed by atoms with van der Waals surface area (Å²) in [6.07, 6.45) is 6.20. The number of aliphatic hydroxyl groups is 1. The number of anilines is 2. The Morgan fingerprint density at radius 3 is 2.30 bits per heavy atom. The predicted molar refractivity (Wildman–Crippen MR) is 215 cm³/mol. The van der Waals surface area contributed by atoms with Crippen LogP contribution in [-0.2, 0) is 39.8 Å². The van der Waals surface area contributed by atoms with E-state index in [1.54, 1.807) is 17.1 Å². The normalized spacial score (nSPS) is 28.6. The van der Waals surface area contributed by atoms with Crippen molar-refractivity contribution in [2.75, 3.05) is 49.8 Å². The highest BCUT2D eigenvalue weighted by atomic mass is 16.6. The number of benzene rings is 3. The standard InChI is InChI=1S/C45H52N4O8/c1-4-47(5-2)32-20-22-33(23-21-32)48-26-14-8-13-19-37(51)46-35(29-55-3)40(31-17-11-7-12-18-31)56-44(54)38-36-24-25-45(57-36)39(38)42(52)49(41(45)43(48)53)34(28-50)27-30-15-9-6-10-16-30/h6-12,14-18,20-25,34-36,38-41,50H,4-5,13,19,26-29H2,1-3H3,(H,46,51)/b14-8-/t34-,35-,36+,38-,39-,40-,41+,45-/m1/s1. The molecule has 57 heavy (non-hydrogen) atoms. The number of amides is 3. The summed E-state index contributed by atoms with van der Waals surface area (Å²) in [6.45, 7) is 5.55. The van der Waals surface area contributed by atoms with Gasteiger partial charge in [-0.1, -0.05) is 85.0 Å². The summed E-state index contributed by atoms with van der Waals surface area (Å²) in [7, 11) is 1.51.